The van der Waals surface area contributed by atoms with Gasteiger partial charge in [-0.3, -0.25) is 9.78 Å². The van der Waals surface area contributed by atoms with Crippen LogP contribution in [0.25, 0.3) is 0 Å². The number of nitrogens with one attached hydrogen (secondary N) is 1. The van der Waals surface area contributed by atoms with Gasteiger partial charge in [-0.15, -0.1) is 0 Å². The first-order valence-electron chi connectivity index (χ1n) is 7.05. The van der Waals surface area contributed by atoms with E-state index >= 15 is 0 Å². The molecule has 1 atom stereocenters. The molecule has 4 nitrogen and oxygen atoms in total. The molecule has 128 valence electrons. The Balaban J connectivity index is 1.97. The summed E-state index contributed by atoms with van der Waals surface area (Å²) < 4.78 is 5.89. The predicted octanol–water partition coefficient (Wildman–Crippen LogP) is 5.92. The maximum atomic E-state index is 12.5. The van der Waals surface area contributed by atoms with E-state index in [4.69, 9.17) is 39.2 Å². The topological polar surface area (TPSA) is 55.1 Å². The number of nitrogens with zero attached hydrogens (tertiary/aromatic N) is 1. The lowest BCUT2D eigenvalue weighted by Gasteiger charge is -2.19. The molecule has 0 saturated heterocycles. The number of aromatic nitrogens is 1. The average molecular weight is 461 g/mol. The molecule has 1 amide bonds. The zero-order valence-corrected chi connectivity index (χ0v) is 16.3. The first-order chi connectivity index (χ1) is 11.9. The van der Waals surface area contributed by atoms with Crippen LogP contribution in [0.15, 0.2) is 57.7 Å². The van der Waals surface area contributed by atoms with Gasteiger partial charge in [0.2, 0.25) is 0 Å². The van der Waals surface area contributed by atoms with E-state index in [9.17, 15) is 4.79 Å². The minimum absolute atomic E-state index is 0.172. The second-order valence-corrected chi connectivity index (χ2v) is 7.28. The maximum absolute atomic E-state index is 12.5. The van der Waals surface area contributed by atoms with Gasteiger partial charge in [-0.05, 0) is 45.8 Å². The van der Waals surface area contributed by atoms with Crippen molar-refractivity contribution in [1.29, 1.82) is 0 Å². The lowest BCUT2D eigenvalue weighted by atomic mass is 10.0. The Morgan fingerprint density at radius 3 is 2.52 bits per heavy atom. The normalized spacial score (nSPS) is 12.0. The summed E-state index contributed by atoms with van der Waals surface area (Å²) in [6.07, 6.45) is 2.95. The van der Waals surface area contributed by atoms with Gasteiger partial charge in [-0.1, -0.05) is 40.9 Å². The number of benzene rings is 1. The standard InChI is InChI=1S/C17H10BrCl3N2O2/c18-10-6-15(25-8-10)17(24)23-16(14-4-2-11(19)7-22-14)9-1-3-12(20)13(21)5-9/h1-8,16H,(H,23,24)/t16-/m0/s1. The monoisotopic (exact) mass is 458 g/mol. The summed E-state index contributed by atoms with van der Waals surface area (Å²) >= 11 is 21.3. The van der Waals surface area contributed by atoms with Crippen molar-refractivity contribution in [3.05, 3.63) is 85.4 Å². The van der Waals surface area contributed by atoms with Gasteiger partial charge in [0.1, 0.15) is 6.26 Å². The highest BCUT2D eigenvalue weighted by molar-refractivity contribution is 9.10. The van der Waals surface area contributed by atoms with Gasteiger partial charge >= 0.3 is 0 Å². The van der Waals surface area contributed by atoms with Gasteiger partial charge in [0.15, 0.2) is 5.76 Å². The molecular weight excluding hydrogens is 450 g/mol. The quantitative estimate of drug-likeness (QED) is 0.526. The Morgan fingerprint density at radius 2 is 1.92 bits per heavy atom. The smallest absolute Gasteiger partial charge is 0.287 e. The summed E-state index contributed by atoms with van der Waals surface area (Å²) in [5.74, 6) is -0.218. The molecular formula is C17H10BrCl3N2O2. The molecule has 1 aromatic carbocycles. The number of furan rings is 1. The fourth-order valence-corrected chi connectivity index (χ4v) is 2.93. The fourth-order valence-electron chi connectivity index (χ4n) is 2.21. The Bertz CT molecular complexity index is 913. The Hall–Kier alpha value is -1.53. The molecule has 0 radical (unpaired) electrons. The number of hydrogen-bond acceptors (Lipinski definition) is 3. The first kappa shape index (κ1) is 18.3. The second kappa shape index (κ2) is 7.79. The maximum Gasteiger partial charge on any atom is 0.287 e. The molecule has 8 heteroatoms. The number of hydrogen-bond donors (Lipinski definition) is 1. The van der Waals surface area contributed by atoms with Crippen molar-refractivity contribution < 1.29 is 9.21 Å². The number of pyridine rings is 1. The third-order valence-corrected chi connectivity index (χ3v) is 4.77. The highest BCUT2D eigenvalue weighted by Crippen LogP contribution is 2.29. The van der Waals surface area contributed by atoms with Gasteiger partial charge in [0.25, 0.3) is 5.91 Å². The minimum atomic E-state index is -0.552. The van der Waals surface area contributed by atoms with E-state index < -0.39 is 11.9 Å². The highest BCUT2D eigenvalue weighted by atomic mass is 79.9. The van der Waals surface area contributed by atoms with Crippen LogP contribution < -0.4 is 5.32 Å². The third-order valence-electron chi connectivity index (χ3n) is 3.39. The van der Waals surface area contributed by atoms with E-state index in [-0.39, 0.29) is 5.76 Å². The summed E-state index contributed by atoms with van der Waals surface area (Å²) in [6.45, 7) is 0. The van der Waals surface area contributed by atoms with E-state index in [2.05, 4.69) is 26.2 Å². The first-order valence-corrected chi connectivity index (χ1v) is 8.98. The molecule has 2 aromatic heterocycles. The fraction of sp³-hybridized carbons (Fsp3) is 0.0588. The van der Waals surface area contributed by atoms with Crippen molar-refractivity contribution in [2.24, 2.45) is 0 Å². The van der Waals surface area contributed by atoms with Crippen LogP contribution in [-0.4, -0.2) is 10.9 Å². The van der Waals surface area contributed by atoms with Crippen LogP contribution in [0, 0.1) is 0 Å². The molecule has 0 fully saturated rings. The molecule has 0 bridgehead atoms. The van der Waals surface area contributed by atoms with Crippen LogP contribution in [0.4, 0.5) is 0 Å². The molecule has 3 rings (SSSR count). The summed E-state index contributed by atoms with van der Waals surface area (Å²) in [5.41, 5.74) is 1.32. The van der Waals surface area contributed by atoms with Crippen LogP contribution in [0.3, 0.4) is 0 Å². The molecule has 3 aromatic rings. The van der Waals surface area contributed by atoms with E-state index in [1.54, 1.807) is 36.4 Å². The van der Waals surface area contributed by atoms with Gasteiger partial charge in [0.05, 0.1) is 31.3 Å². The van der Waals surface area contributed by atoms with E-state index in [1.165, 1.54) is 12.5 Å². The Kier molecular flexibility index (Phi) is 5.69. The minimum Gasteiger partial charge on any atom is -0.458 e. The van der Waals surface area contributed by atoms with Crippen molar-refractivity contribution in [3.8, 4) is 0 Å². The molecule has 2 heterocycles. The molecule has 1 N–H and O–H groups in total. The SMILES string of the molecule is O=C(N[C@@H](c1ccc(Cl)c(Cl)c1)c1ccc(Cl)cn1)c1cc(Br)co1. The van der Waals surface area contributed by atoms with Crippen LogP contribution in [0.1, 0.15) is 27.9 Å². The zero-order chi connectivity index (χ0) is 18.0. The second-order valence-electron chi connectivity index (χ2n) is 5.11. The summed E-state index contributed by atoms with van der Waals surface area (Å²) in [6, 6.07) is 9.58. The van der Waals surface area contributed by atoms with E-state index in [1.807, 2.05) is 0 Å². The van der Waals surface area contributed by atoms with Crippen molar-refractivity contribution >= 4 is 56.6 Å². The molecule has 0 unspecified atom stereocenters. The van der Waals surface area contributed by atoms with Gasteiger partial charge < -0.3 is 9.73 Å². The predicted molar refractivity (Wildman–Crippen MR) is 101 cm³/mol. The Labute approximate surface area is 167 Å². The number of rotatable bonds is 4. The third kappa shape index (κ3) is 4.36. The van der Waals surface area contributed by atoms with Crippen molar-refractivity contribution in [2.75, 3.05) is 0 Å². The van der Waals surface area contributed by atoms with E-state index in [0.29, 0.717) is 25.2 Å². The van der Waals surface area contributed by atoms with Crippen LogP contribution in [-0.2, 0) is 0 Å². The van der Waals surface area contributed by atoms with Gasteiger partial charge in [-0.2, -0.15) is 0 Å². The van der Waals surface area contributed by atoms with Gasteiger partial charge in [0, 0.05) is 12.3 Å². The van der Waals surface area contributed by atoms with Crippen LogP contribution in [0.2, 0.25) is 15.1 Å². The summed E-state index contributed by atoms with van der Waals surface area (Å²) in [7, 11) is 0. The number of halogens is 4. The van der Waals surface area contributed by atoms with Crippen molar-refractivity contribution in [3.63, 3.8) is 0 Å². The zero-order valence-electron chi connectivity index (χ0n) is 12.5. The molecule has 0 saturated carbocycles. The molecule has 0 spiro atoms. The summed E-state index contributed by atoms with van der Waals surface area (Å²) in [5, 5.41) is 4.19. The van der Waals surface area contributed by atoms with Crippen molar-refractivity contribution in [1.82, 2.24) is 10.3 Å². The largest absolute Gasteiger partial charge is 0.458 e. The number of amides is 1. The van der Waals surface area contributed by atoms with Crippen molar-refractivity contribution in [2.45, 2.75) is 6.04 Å². The molecule has 25 heavy (non-hydrogen) atoms. The summed E-state index contributed by atoms with van der Waals surface area (Å²) in [4.78, 5) is 16.8. The number of carbonyl (C=O) groups is 1. The molecule has 0 aliphatic heterocycles. The van der Waals surface area contributed by atoms with E-state index in [0.717, 1.165) is 5.56 Å². The molecule has 0 aliphatic rings. The Morgan fingerprint density at radius 1 is 1.12 bits per heavy atom. The molecule has 0 aliphatic carbocycles. The van der Waals surface area contributed by atoms with Crippen LogP contribution >= 0.6 is 50.7 Å². The lowest BCUT2D eigenvalue weighted by Crippen LogP contribution is -2.29. The lowest BCUT2D eigenvalue weighted by molar-refractivity contribution is 0.0914. The average Bonchev–Trinajstić information content (AvgIpc) is 3.03. The number of carbonyl (C=O) groups excluding carboxylic acids is 1. The highest BCUT2D eigenvalue weighted by Gasteiger charge is 2.21. The van der Waals surface area contributed by atoms with Crippen LogP contribution in [0.5, 0.6) is 0 Å². The van der Waals surface area contributed by atoms with Gasteiger partial charge in [-0.25, -0.2) is 0 Å².